The number of rotatable bonds is 4. The quantitative estimate of drug-likeness (QED) is 0.194. The van der Waals surface area contributed by atoms with Gasteiger partial charge in [0.15, 0.2) is 12.0 Å². The molecular formula is C53H32N4O2. The van der Waals surface area contributed by atoms with Crippen LogP contribution in [0.25, 0.3) is 92.9 Å². The van der Waals surface area contributed by atoms with Crippen LogP contribution >= 0.6 is 0 Å². The average Bonchev–Trinajstić information content (AvgIpc) is 3.99. The second-order valence-corrected chi connectivity index (χ2v) is 15.3. The predicted molar refractivity (Wildman–Crippen MR) is 242 cm³/mol. The lowest BCUT2D eigenvalue weighted by Gasteiger charge is -2.24. The molecule has 1 aliphatic rings. The zero-order chi connectivity index (χ0) is 38.6. The molecule has 0 bridgehead atoms. The van der Waals surface area contributed by atoms with Crippen molar-refractivity contribution >= 4 is 98.9 Å². The van der Waals surface area contributed by atoms with E-state index in [-0.39, 0.29) is 0 Å². The molecule has 1 atom stereocenters. The maximum absolute atomic E-state index is 6.82. The van der Waals surface area contributed by atoms with Crippen molar-refractivity contribution in [1.82, 2.24) is 9.88 Å². The van der Waals surface area contributed by atoms with E-state index in [4.69, 9.17) is 18.8 Å². The molecular weight excluding hydrogens is 725 g/mol. The van der Waals surface area contributed by atoms with E-state index in [9.17, 15) is 0 Å². The summed E-state index contributed by atoms with van der Waals surface area (Å²) < 4.78 is 15.6. The minimum atomic E-state index is -0.552. The molecule has 6 nitrogen and oxygen atoms in total. The highest BCUT2D eigenvalue weighted by Crippen LogP contribution is 2.43. The first-order valence-electron chi connectivity index (χ1n) is 19.9. The number of aliphatic imine (C=N–C) groups is 2. The number of aromatic nitrogens is 1. The summed E-state index contributed by atoms with van der Waals surface area (Å²) in [5.74, 6) is 1.35. The van der Waals surface area contributed by atoms with Crippen LogP contribution in [0, 0.1) is 0 Å². The summed E-state index contributed by atoms with van der Waals surface area (Å²) in [7, 11) is 0. The fraction of sp³-hybridized carbons (Fsp3) is 0.0189. The van der Waals surface area contributed by atoms with Crippen LogP contribution in [0.1, 0.15) is 22.9 Å². The third kappa shape index (κ3) is 4.74. The summed E-state index contributed by atoms with van der Waals surface area (Å²) in [5.41, 5.74) is 9.34. The Balaban J connectivity index is 1.11. The summed E-state index contributed by atoms with van der Waals surface area (Å²) >= 11 is 0. The molecule has 13 rings (SSSR count). The van der Waals surface area contributed by atoms with Crippen LogP contribution in [-0.2, 0) is 0 Å². The van der Waals surface area contributed by atoms with Crippen molar-refractivity contribution in [2.75, 3.05) is 0 Å². The Labute approximate surface area is 336 Å². The Morgan fingerprint density at radius 3 is 1.81 bits per heavy atom. The third-order valence-electron chi connectivity index (χ3n) is 12.0. The summed E-state index contributed by atoms with van der Waals surface area (Å²) in [6.07, 6.45) is -0.552. The van der Waals surface area contributed by atoms with Crippen molar-refractivity contribution < 1.29 is 8.83 Å². The van der Waals surface area contributed by atoms with Gasteiger partial charge in [-0.05, 0) is 64.0 Å². The lowest BCUT2D eigenvalue weighted by Crippen LogP contribution is -2.33. The maximum Gasteiger partial charge on any atom is 0.159 e. The largest absolute Gasteiger partial charge is 0.456 e. The molecule has 0 fully saturated rings. The third-order valence-corrected chi connectivity index (χ3v) is 12.0. The molecule has 4 heterocycles. The highest BCUT2D eigenvalue weighted by atomic mass is 16.3. The molecule has 0 saturated heterocycles. The van der Waals surface area contributed by atoms with Gasteiger partial charge in [0.05, 0.1) is 11.0 Å². The van der Waals surface area contributed by atoms with Gasteiger partial charge < -0.3 is 18.7 Å². The molecule has 1 aliphatic heterocycles. The summed E-state index contributed by atoms with van der Waals surface area (Å²) in [6, 6.07) is 63.8. The van der Waals surface area contributed by atoms with Gasteiger partial charge in [-0.2, -0.15) is 0 Å². The number of para-hydroxylation sites is 2. The highest BCUT2D eigenvalue weighted by molar-refractivity contribution is 6.29. The first kappa shape index (κ1) is 32.2. The van der Waals surface area contributed by atoms with E-state index in [2.05, 4.69) is 131 Å². The van der Waals surface area contributed by atoms with Crippen LogP contribution in [-0.4, -0.2) is 16.2 Å². The Bertz CT molecular complexity index is 3680. The number of hydrogen-bond acceptors (Lipinski definition) is 5. The SMILES string of the molecule is c1ccc(C2=NC(c3cc(-n4c5ccc6ccccc6c5c5c6ccccc6ccc54)cc4c3oc3ccccc34)NC(c3cccc4oc5ccccc5c34)=N2)cc1. The molecule has 12 aromatic rings. The number of amidine groups is 2. The van der Waals surface area contributed by atoms with Crippen molar-refractivity contribution in [2.45, 2.75) is 6.17 Å². The van der Waals surface area contributed by atoms with Crippen LogP contribution < -0.4 is 5.32 Å². The minimum absolute atomic E-state index is 0.552. The monoisotopic (exact) mass is 756 g/mol. The molecule has 9 aromatic carbocycles. The van der Waals surface area contributed by atoms with Crippen LogP contribution in [0.15, 0.2) is 201 Å². The normalized spacial score (nSPS) is 14.6. The molecule has 1 N–H and O–H groups in total. The maximum atomic E-state index is 6.82. The Hall–Kier alpha value is -7.96. The Morgan fingerprint density at radius 2 is 1.08 bits per heavy atom. The fourth-order valence-electron chi connectivity index (χ4n) is 9.43. The topological polar surface area (TPSA) is 68.0 Å². The molecule has 0 saturated carbocycles. The summed E-state index contributed by atoms with van der Waals surface area (Å²) in [5, 5.41) is 15.3. The number of furan rings is 2. The standard InChI is InChI=1S/C53H32N4O2/c1-2-15-33(16-3-1)51-54-52(39-21-12-24-46-47(39)38-20-9-11-23-45(38)58-46)56-53(55-51)41-30-34(29-40-37-19-8-10-22-44(37)59-50(40)41)57-42-27-25-31-13-4-6-17-35(31)48(42)49-36-18-7-5-14-32(36)26-28-43(49)57/h1-30,53H,(H,54,55,56). The van der Waals surface area contributed by atoms with E-state index in [0.717, 1.165) is 77.3 Å². The second kappa shape index (κ2) is 12.3. The van der Waals surface area contributed by atoms with Gasteiger partial charge >= 0.3 is 0 Å². The van der Waals surface area contributed by atoms with E-state index in [1.165, 1.54) is 32.3 Å². The smallest absolute Gasteiger partial charge is 0.159 e. The van der Waals surface area contributed by atoms with Crippen molar-refractivity contribution in [3.05, 3.63) is 199 Å². The van der Waals surface area contributed by atoms with Crippen LogP contribution in [0.5, 0.6) is 0 Å². The van der Waals surface area contributed by atoms with Gasteiger partial charge in [-0.15, -0.1) is 0 Å². The Morgan fingerprint density at radius 1 is 0.475 bits per heavy atom. The predicted octanol–water partition coefficient (Wildman–Crippen LogP) is 13.4. The molecule has 0 aliphatic carbocycles. The Kier molecular flexibility index (Phi) is 6.69. The number of hydrogen-bond donors (Lipinski definition) is 1. The molecule has 0 amide bonds. The van der Waals surface area contributed by atoms with Gasteiger partial charge in [-0.1, -0.05) is 140 Å². The highest BCUT2D eigenvalue weighted by Gasteiger charge is 2.28. The van der Waals surface area contributed by atoms with E-state index in [1.807, 2.05) is 60.7 Å². The zero-order valence-corrected chi connectivity index (χ0v) is 31.6. The van der Waals surface area contributed by atoms with Gasteiger partial charge in [0.25, 0.3) is 0 Å². The first-order valence-corrected chi connectivity index (χ1v) is 19.9. The number of nitrogens with one attached hydrogen (secondary N) is 1. The number of nitrogens with zero attached hydrogens (tertiary/aromatic N) is 3. The fourth-order valence-corrected chi connectivity index (χ4v) is 9.43. The molecule has 0 radical (unpaired) electrons. The second-order valence-electron chi connectivity index (χ2n) is 15.3. The van der Waals surface area contributed by atoms with Crippen molar-refractivity contribution in [3.8, 4) is 5.69 Å². The summed E-state index contributed by atoms with van der Waals surface area (Å²) in [4.78, 5) is 10.7. The first-order chi connectivity index (χ1) is 29.2. The molecule has 6 heteroatoms. The van der Waals surface area contributed by atoms with Crippen LogP contribution in [0.3, 0.4) is 0 Å². The van der Waals surface area contributed by atoms with Gasteiger partial charge in [0.2, 0.25) is 0 Å². The van der Waals surface area contributed by atoms with Gasteiger partial charge in [0.1, 0.15) is 28.2 Å². The average molecular weight is 757 g/mol. The number of benzene rings is 9. The summed E-state index contributed by atoms with van der Waals surface area (Å²) in [6.45, 7) is 0. The van der Waals surface area contributed by atoms with Gasteiger partial charge in [-0.3, -0.25) is 0 Å². The molecule has 276 valence electrons. The van der Waals surface area contributed by atoms with Gasteiger partial charge in [-0.25, -0.2) is 9.98 Å². The van der Waals surface area contributed by atoms with E-state index < -0.39 is 6.17 Å². The van der Waals surface area contributed by atoms with E-state index >= 15 is 0 Å². The molecule has 3 aromatic heterocycles. The van der Waals surface area contributed by atoms with E-state index in [1.54, 1.807) is 0 Å². The number of fused-ring (bicyclic) bond motifs is 13. The lowest BCUT2D eigenvalue weighted by molar-refractivity contribution is 0.628. The minimum Gasteiger partial charge on any atom is -0.456 e. The van der Waals surface area contributed by atoms with Crippen molar-refractivity contribution in [3.63, 3.8) is 0 Å². The van der Waals surface area contributed by atoms with E-state index in [0.29, 0.717) is 11.7 Å². The van der Waals surface area contributed by atoms with Crippen molar-refractivity contribution in [2.24, 2.45) is 9.98 Å². The zero-order valence-electron chi connectivity index (χ0n) is 31.6. The molecule has 1 unspecified atom stereocenters. The van der Waals surface area contributed by atoms with Crippen LogP contribution in [0.2, 0.25) is 0 Å². The molecule has 0 spiro atoms. The van der Waals surface area contributed by atoms with Gasteiger partial charge in [0, 0.05) is 54.7 Å². The van der Waals surface area contributed by atoms with Crippen LogP contribution in [0.4, 0.5) is 0 Å². The molecule has 59 heavy (non-hydrogen) atoms. The lowest BCUT2D eigenvalue weighted by atomic mass is 10.00. The van der Waals surface area contributed by atoms with Crippen molar-refractivity contribution in [1.29, 1.82) is 0 Å².